The monoisotopic (exact) mass is 182 g/mol. The van der Waals surface area contributed by atoms with Crippen LogP contribution in [0.5, 0.6) is 0 Å². The summed E-state index contributed by atoms with van der Waals surface area (Å²) in [6, 6.07) is 0. The molecule has 5 nitrogen and oxygen atoms in total. The van der Waals surface area contributed by atoms with Crippen LogP contribution in [-0.2, 0) is 11.3 Å². The van der Waals surface area contributed by atoms with Crippen LogP contribution in [0.2, 0.25) is 0 Å². The molecule has 72 valence electrons. The Hall–Kier alpha value is -1.52. The quantitative estimate of drug-likeness (QED) is 0.688. The molecular weight excluding hydrogens is 168 g/mol. The highest BCUT2D eigenvalue weighted by Gasteiger charge is 2.00. The lowest BCUT2D eigenvalue weighted by Crippen LogP contribution is -2.23. The molecule has 1 rings (SSSR count). The summed E-state index contributed by atoms with van der Waals surface area (Å²) < 4.78 is 1.66. The third-order valence-electron chi connectivity index (χ3n) is 1.60. The van der Waals surface area contributed by atoms with Gasteiger partial charge in [-0.05, 0) is 6.92 Å². The number of nitrogens with zero attached hydrogens (tertiary/aromatic N) is 2. The first-order chi connectivity index (χ1) is 6.22. The fourth-order valence-corrected chi connectivity index (χ4v) is 1.00. The number of aromatic nitrogens is 2. The topological polar surface area (TPSA) is 72.9 Å². The van der Waals surface area contributed by atoms with Crippen molar-refractivity contribution in [1.29, 1.82) is 0 Å². The predicted molar refractivity (Wildman–Crippen MR) is 49.9 cm³/mol. The highest BCUT2D eigenvalue weighted by Crippen LogP contribution is 1.98. The van der Waals surface area contributed by atoms with Gasteiger partial charge in [0.1, 0.15) is 0 Å². The van der Waals surface area contributed by atoms with E-state index in [0.29, 0.717) is 25.2 Å². The molecule has 0 aliphatic heterocycles. The molecule has 0 saturated heterocycles. The van der Waals surface area contributed by atoms with Crippen molar-refractivity contribution in [2.75, 3.05) is 12.3 Å². The Morgan fingerprint density at radius 1 is 1.77 bits per heavy atom. The molecule has 3 N–H and O–H groups in total. The lowest BCUT2D eigenvalue weighted by Gasteiger charge is -2.01. The molecule has 13 heavy (non-hydrogen) atoms. The minimum absolute atomic E-state index is 0.0385. The standard InChI is InChI=1S/C8H14N4O/c1-2-10-8(13)3-4-12-6-7(9)5-11-12/h5-6H,2-4,9H2,1H3,(H,10,13). The fraction of sp³-hybridized carbons (Fsp3) is 0.500. The minimum Gasteiger partial charge on any atom is -0.396 e. The van der Waals surface area contributed by atoms with Gasteiger partial charge in [0.15, 0.2) is 0 Å². The molecule has 5 heteroatoms. The second-order valence-corrected chi connectivity index (χ2v) is 2.74. The number of hydrogen-bond donors (Lipinski definition) is 2. The lowest BCUT2D eigenvalue weighted by atomic mass is 10.4. The van der Waals surface area contributed by atoms with Gasteiger partial charge in [-0.3, -0.25) is 9.48 Å². The maximum absolute atomic E-state index is 11.0. The van der Waals surface area contributed by atoms with Crippen molar-refractivity contribution in [2.45, 2.75) is 19.9 Å². The molecule has 0 aliphatic carbocycles. The second-order valence-electron chi connectivity index (χ2n) is 2.74. The van der Waals surface area contributed by atoms with Crippen molar-refractivity contribution in [3.8, 4) is 0 Å². The summed E-state index contributed by atoms with van der Waals surface area (Å²) in [5, 5.41) is 6.67. The van der Waals surface area contributed by atoms with Gasteiger partial charge in [-0.2, -0.15) is 5.10 Å². The van der Waals surface area contributed by atoms with Gasteiger partial charge in [-0.15, -0.1) is 0 Å². The van der Waals surface area contributed by atoms with Gasteiger partial charge < -0.3 is 11.1 Å². The van der Waals surface area contributed by atoms with E-state index in [0.717, 1.165) is 0 Å². The van der Waals surface area contributed by atoms with Crippen LogP contribution in [0.4, 0.5) is 5.69 Å². The van der Waals surface area contributed by atoms with Crippen LogP contribution < -0.4 is 11.1 Å². The van der Waals surface area contributed by atoms with Gasteiger partial charge in [0.2, 0.25) is 5.91 Å². The number of nitrogens with one attached hydrogen (secondary N) is 1. The number of nitrogens with two attached hydrogens (primary N) is 1. The zero-order valence-electron chi connectivity index (χ0n) is 7.66. The molecule has 0 unspecified atom stereocenters. The van der Waals surface area contributed by atoms with Crippen molar-refractivity contribution < 1.29 is 4.79 Å². The molecule has 1 amide bonds. The average Bonchev–Trinajstić information content (AvgIpc) is 2.49. The highest BCUT2D eigenvalue weighted by atomic mass is 16.1. The molecule has 0 fully saturated rings. The van der Waals surface area contributed by atoms with Crippen molar-refractivity contribution in [1.82, 2.24) is 15.1 Å². The largest absolute Gasteiger partial charge is 0.396 e. The maximum Gasteiger partial charge on any atom is 0.221 e. The number of aryl methyl sites for hydroxylation is 1. The summed E-state index contributed by atoms with van der Waals surface area (Å²) in [6.45, 7) is 3.13. The molecule has 1 heterocycles. The van der Waals surface area contributed by atoms with E-state index in [1.54, 1.807) is 17.1 Å². The van der Waals surface area contributed by atoms with Crippen LogP contribution in [-0.4, -0.2) is 22.2 Å². The number of carbonyl (C=O) groups is 1. The number of hydrogen-bond acceptors (Lipinski definition) is 3. The summed E-state index contributed by atoms with van der Waals surface area (Å²) in [4.78, 5) is 11.0. The predicted octanol–water partition coefficient (Wildman–Crippen LogP) is -0.00850. The van der Waals surface area contributed by atoms with Crippen molar-refractivity contribution >= 4 is 11.6 Å². The number of amides is 1. The van der Waals surface area contributed by atoms with E-state index in [2.05, 4.69) is 10.4 Å². The van der Waals surface area contributed by atoms with E-state index in [4.69, 9.17) is 5.73 Å². The Kier molecular flexibility index (Phi) is 3.31. The fourth-order valence-electron chi connectivity index (χ4n) is 1.00. The smallest absolute Gasteiger partial charge is 0.221 e. The van der Waals surface area contributed by atoms with Crippen LogP contribution >= 0.6 is 0 Å². The minimum atomic E-state index is 0.0385. The van der Waals surface area contributed by atoms with E-state index in [1.165, 1.54) is 0 Å². The van der Waals surface area contributed by atoms with Crippen LogP contribution in [0, 0.1) is 0 Å². The van der Waals surface area contributed by atoms with Crippen LogP contribution in [0.25, 0.3) is 0 Å². The molecule has 0 atom stereocenters. The zero-order valence-corrected chi connectivity index (χ0v) is 7.66. The van der Waals surface area contributed by atoms with Gasteiger partial charge >= 0.3 is 0 Å². The molecular formula is C8H14N4O. The second kappa shape index (κ2) is 4.49. The highest BCUT2D eigenvalue weighted by molar-refractivity contribution is 5.75. The van der Waals surface area contributed by atoms with E-state index >= 15 is 0 Å². The maximum atomic E-state index is 11.0. The number of anilines is 1. The Balaban J connectivity index is 2.30. The van der Waals surface area contributed by atoms with Crippen LogP contribution in [0.15, 0.2) is 12.4 Å². The summed E-state index contributed by atoms with van der Waals surface area (Å²) >= 11 is 0. The SMILES string of the molecule is CCNC(=O)CCn1cc(N)cn1. The Morgan fingerprint density at radius 3 is 3.08 bits per heavy atom. The Bertz CT molecular complexity index is 281. The molecule has 0 radical (unpaired) electrons. The molecule has 0 aromatic carbocycles. The van der Waals surface area contributed by atoms with E-state index in [9.17, 15) is 4.79 Å². The Labute approximate surface area is 76.9 Å². The van der Waals surface area contributed by atoms with Crippen LogP contribution in [0.1, 0.15) is 13.3 Å². The summed E-state index contributed by atoms with van der Waals surface area (Å²) in [5.74, 6) is 0.0385. The average molecular weight is 182 g/mol. The van der Waals surface area contributed by atoms with Gasteiger partial charge in [0, 0.05) is 25.7 Å². The first kappa shape index (κ1) is 9.57. The van der Waals surface area contributed by atoms with E-state index < -0.39 is 0 Å². The Morgan fingerprint density at radius 2 is 2.54 bits per heavy atom. The summed E-state index contributed by atoms with van der Waals surface area (Å²) in [6.07, 6.45) is 3.71. The van der Waals surface area contributed by atoms with E-state index in [-0.39, 0.29) is 5.91 Å². The molecule has 0 saturated carbocycles. The summed E-state index contributed by atoms with van der Waals surface area (Å²) in [7, 11) is 0. The van der Waals surface area contributed by atoms with Crippen LogP contribution in [0.3, 0.4) is 0 Å². The van der Waals surface area contributed by atoms with Gasteiger partial charge in [0.25, 0.3) is 0 Å². The van der Waals surface area contributed by atoms with Gasteiger partial charge in [-0.25, -0.2) is 0 Å². The molecule has 0 bridgehead atoms. The van der Waals surface area contributed by atoms with Crippen molar-refractivity contribution in [3.63, 3.8) is 0 Å². The third kappa shape index (κ3) is 3.14. The summed E-state index contributed by atoms with van der Waals surface area (Å²) in [5.41, 5.74) is 6.08. The molecule has 0 aliphatic rings. The van der Waals surface area contributed by atoms with Gasteiger partial charge in [-0.1, -0.05) is 0 Å². The normalized spacial score (nSPS) is 9.92. The molecule has 1 aromatic rings. The van der Waals surface area contributed by atoms with E-state index in [1.807, 2.05) is 6.92 Å². The first-order valence-corrected chi connectivity index (χ1v) is 4.27. The van der Waals surface area contributed by atoms with Crippen molar-refractivity contribution in [2.24, 2.45) is 0 Å². The number of carbonyl (C=O) groups excluding carboxylic acids is 1. The third-order valence-corrected chi connectivity index (χ3v) is 1.60. The number of rotatable bonds is 4. The number of nitrogen functional groups attached to an aromatic ring is 1. The molecule has 0 spiro atoms. The molecule has 1 aromatic heterocycles. The first-order valence-electron chi connectivity index (χ1n) is 4.27. The van der Waals surface area contributed by atoms with Gasteiger partial charge in [0.05, 0.1) is 11.9 Å². The zero-order chi connectivity index (χ0) is 9.68. The van der Waals surface area contributed by atoms with Crippen molar-refractivity contribution in [3.05, 3.63) is 12.4 Å². The lowest BCUT2D eigenvalue weighted by molar-refractivity contribution is -0.121.